The first-order valence-corrected chi connectivity index (χ1v) is 13.9. The molecular formula is C31H42ClN3O4. The van der Waals surface area contributed by atoms with Gasteiger partial charge in [0.15, 0.2) is 0 Å². The lowest BCUT2D eigenvalue weighted by molar-refractivity contribution is -0.128. The molecule has 1 fully saturated rings. The molecule has 0 spiro atoms. The molecule has 2 aromatic rings. The van der Waals surface area contributed by atoms with E-state index in [0.717, 1.165) is 31.2 Å². The Labute approximate surface area is 237 Å². The number of nitrogens with one attached hydrogen (secondary N) is 3. The lowest BCUT2D eigenvalue weighted by atomic mass is 9.71. The number of carbonyl (C=O) groups excluding carboxylic acids is 3. The fourth-order valence-electron chi connectivity index (χ4n) is 4.83. The van der Waals surface area contributed by atoms with E-state index in [1.165, 1.54) is 7.11 Å². The van der Waals surface area contributed by atoms with E-state index in [2.05, 4.69) is 36.7 Å². The molecule has 2 aromatic carbocycles. The minimum absolute atomic E-state index is 0.0882. The van der Waals surface area contributed by atoms with Gasteiger partial charge in [-0.1, -0.05) is 59.2 Å². The van der Waals surface area contributed by atoms with Gasteiger partial charge in [-0.25, -0.2) is 0 Å². The first kappa shape index (κ1) is 30.5. The minimum Gasteiger partial charge on any atom is -0.496 e. The van der Waals surface area contributed by atoms with Crippen LogP contribution < -0.4 is 20.7 Å². The molecule has 0 bridgehead atoms. The van der Waals surface area contributed by atoms with Crippen LogP contribution in [0.25, 0.3) is 0 Å². The minimum atomic E-state index is -0.517. The topological polar surface area (TPSA) is 96.5 Å². The van der Waals surface area contributed by atoms with E-state index in [-0.39, 0.29) is 40.4 Å². The van der Waals surface area contributed by atoms with Crippen LogP contribution in [0.15, 0.2) is 36.4 Å². The van der Waals surface area contributed by atoms with Crippen LogP contribution in [0.4, 0.5) is 5.69 Å². The number of methoxy groups -OCH3 is 1. The molecule has 0 heterocycles. The fraction of sp³-hybridized carbons (Fsp3) is 0.516. The number of hydrogen-bond donors (Lipinski definition) is 3. The van der Waals surface area contributed by atoms with Gasteiger partial charge in [-0.2, -0.15) is 0 Å². The van der Waals surface area contributed by atoms with Crippen molar-refractivity contribution in [1.82, 2.24) is 10.6 Å². The first-order chi connectivity index (χ1) is 18.2. The van der Waals surface area contributed by atoms with E-state index in [9.17, 15) is 14.4 Å². The van der Waals surface area contributed by atoms with Gasteiger partial charge >= 0.3 is 0 Å². The van der Waals surface area contributed by atoms with E-state index in [1.54, 1.807) is 36.4 Å². The summed E-state index contributed by atoms with van der Waals surface area (Å²) < 4.78 is 5.44. The molecule has 0 saturated heterocycles. The van der Waals surface area contributed by atoms with E-state index in [1.807, 2.05) is 20.8 Å². The van der Waals surface area contributed by atoms with Crippen LogP contribution >= 0.6 is 11.6 Å². The zero-order valence-electron chi connectivity index (χ0n) is 24.2. The van der Waals surface area contributed by atoms with Crippen LogP contribution in [0.2, 0.25) is 5.02 Å². The summed E-state index contributed by atoms with van der Waals surface area (Å²) in [6.07, 6.45) is 4.05. The molecule has 8 heteroatoms. The van der Waals surface area contributed by atoms with Gasteiger partial charge in [-0.3, -0.25) is 14.4 Å². The Bertz CT molecular complexity index is 1210. The Morgan fingerprint density at radius 2 is 1.56 bits per heavy atom. The molecule has 0 aromatic heterocycles. The zero-order chi connectivity index (χ0) is 29.0. The lowest BCUT2D eigenvalue weighted by Crippen LogP contribution is -2.39. The summed E-state index contributed by atoms with van der Waals surface area (Å²) in [6, 6.07) is 10.1. The van der Waals surface area contributed by atoms with Gasteiger partial charge in [0.05, 0.1) is 23.3 Å². The molecule has 0 aliphatic heterocycles. The molecule has 39 heavy (non-hydrogen) atoms. The molecule has 0 unspecified atom stereocenters. The monoisotopic (exact) mass is 555 g/mol. The van der Waals surface area contributed by atoms with E-state index in [4.69, 9.17) is 16.3 Å². The number of anilines is 1. The maximum atomic E-state index is 13.2. The smallest absolute Gasteiger partial charge is 0.257 e. The second-order valence-electron chi connectivity index (χ2n) is 12.5. The number of halogens is 1. The number of rotatable bonds is 7. The van der Waals surface area contributed by atoms with Crippen LogP contribution in [0.3, 0.4) is 0 Å². The third-order valence-electron chi connectivity index (χ3n) is 7.40. The zero-order valence-corrected chi connectivity index (χ0v) is 24.9. The van der Waals surface area contributed by atoms with Crippen LogP contribution in [0, 0.1) is 16.7 Å². The second kappa shape index (κ2) is 12.4. The Kier molecular flexibility index (Phi) is 9.70. The van der Waals surface area contributed by atoms with Gasteiger partial charge in [0.25, 0.3) is 11.8 Å². The van der Waals surface area contributed by atoms with Gasteiger partial charge in [-0.05, 0) is 72.9 Å². The van der Waals surface area contributed by atoms with Gasteiger partial charge in [-0.15, -0.1) is 0 Å². The van der Waals surface area contributed by atoms with E-state index in [0.29, 0.717) is 22.9 Å². The summed E-state index contributed by atoms with van der Waals surface area (Å²) >= 11 is 6.34. The predicted octanol–water partition coefficient (Wildman–Crippen LogP) is 6.60. The van der Waals surface area contributed by atoms with Crippen LogP contribution in [-0.4, -0.2) is 30.9 Å². The largest absolute Gasteiger partial charge is 0.496 e. The second-order valence-corrected chi connectivity index (χ2v) is 12.9. The van der Waals surface area contributed by atoms with E-state index < -0.39 is 11.3 Å². The van der Waals surface area contributed by atoms with Crippen LogP contribution in [-0.2, 0) is 11.3 Å². The SMILES string of the molecule is COc1ccc(NC(=O)c2cc(CNC(=O)C(C)(C)C)ccc2Cl)cc1C(=O)N[C@H]1CC[C@H](C(C)(C)C)CC1. The molecule has 1 aliphatic carbocycles. The van der Waals surface area contributed by atoms with Crippen molar-refractivity contribution < 1.29 is 19.1 Å². The Balaban J connectivity index is 1.70. The molecule has 3 rings (SSSR count). The summed E-state index contributed by atoms with van der Waals surface area (Å²) in [7, 11) is 1.52. The maximum absolute atomic E-state index is 13.2. The normalized spacial score (nSPS) is 17.7. The van der Waals surface area contributed by atoms with Crippen molar-refractivity contribution in [1.29, 1.82) is 0 Å². The van der Waals surface area contributed by atoms with Gasteiger partial charge in [0.1, 0.15) is 5.75 Å². The molecule has 0 atom stereocenters. The highest BCUT2D eigenvalue weighted by atomic mass is 35.5. The lowest BCUT2D eigenvalue weighted by Gasteiger charge is -2.37. The summed E-state index contributed by atoms with van der Waals surface area (Å²) in [5.74, 6) is 0.356. The highest BCUT2D eigenvalue weighted by Crippen LogP contribution is 2.38. The average Bonchev–Trinajstić information content (AvgIpc) is 2.87. The number of hydrogen-bond acceptors (Lipinski definition) is 4. The summed E-state index contributed by atoms with van der Waals surface area (Å²) in [6.45, 7) is 12.6. The van der Waals surface area contributed by atoms with Crippen molar-refractivity contribution in [2.75, 3.05) is 12.4 Å². The highest BCUT2D eigenvalue weighted by Gasteiger charge is 2.30. The third-order valence-corrected chi connectivity index (χ3v) is 7.73. The summed E-state index contributed by atoms with van der Waals surface area (Å²) in [5.41, 5.74) is 1.59. The fourth-order valence-corrected chi connectivity index (χ4v) is 5.04. The van der Waals surface area contributed by atoms with Crippen molar-refractivity contribution in [2.45, 2.75) is 79.8 Å². The highest BCUT2D eigenvalue weighted by molar-refractivity contribution is 6.34. The Morgan fingerprint density at radius 1 is 0.897 bits per heavy atom. The summed E-state index contributed by atoms with van der Waals surface area (Å²) in [4.78, 5) is 38.6. The van der Waals surface area contributed by atoms with Crippen molar-refractivity contribution in [3.8, 4) is 5.75 Å². The third kappa shape index (κ3) is 8.21. The van der Waals surface area contributed by atoms with Crippen molar-refractivity contribution >= 4 is 35.0 Å². The van der Waals surface area contributed by atoms with Crippen LogP contribution in [0.1, 0.15) is 93.5 Å². The summed E-state index contributed by atoms with van der Waals surface area (Å²) in [5, 5.41) is 9.16. The standard InChI is InChI=1S/C31H42ClN3O4/c1-30(2,3)20-9-11-21(12-10-20)34-28(37)24-17-22(13-15-26(24)39-7)35-27(36)23-16-19(8-14-25(23)32)18-33-29(38)31(4,5)6/h8,13-17,20-21H,9-12,18H2,1-7H3,(H,33,38)(H,34,37)(H,35,36)/t20-,21-. The molecule has 0 radical (unpaired) electrons. The number of ether oxygens (including phenoxy) is 1. The van der Waals surface area contributed by atoms with Gasteiger partial charge < -0.3 is 20.7 Å². The number of carbonyl (C=O) groups is 3. The van der Waals surface area contributed by atoms with Gasteiger partial charge in [0, 0.05) is 23.7 Å². The quantitative estimate of drug-likeness (QED) is 0.358. The van der Waals surface area contributed by atoms with Crippen LogP contribution in [0.5, 0.6) is 5.75 Å². The van der Waals surface area contributed by atoms with Crippen molar-refractivity contribution in [2.24, 2.45) is 16.7 Å². The molecule has 1 aliphatic rings. The molecule has 7 nitrogen and oxygen atoms in total. The Morgan fingerprint density at radius 3 is 2.15 bits per heavy atom. The van der Waals surface area contributed by atoms with E-state index >= 15 is 0 Å². The Hall–Kier alpha value is -3.06. The molecule has 1 saturated carbocycles. The molecule has 3 N–H and O–H groups in total. The number of amides is 3. The van der Waals surface area contributed by atoms with Gasteiger partial charge in [0.2, 0.25) is 5.91 Å². The van der Waals surface area contributed by atoms with Crippen molar-refractivity contribution in [3.63, 3.8) is 0 Å². The molecule has 212 valence electrons. The molecular weight excluding hydrogens is 514 g/mol. The maximum Gasteiger partial charge on any atom is 0.257 e. The number of benzene rings is 2. The van der Waals surface area contributed by atoms with Crippen molar-refractivity contribution in [3.05, 3.63) is 58.1 Å². The average molecular weight is 556 g/mol. The first-order valence-electron chi connectivity index (χ1n) is 13.6. The predicted molar refractivity (Wildman–Crippen MR) is 156 cm³/mol. The molecule has 3 amide bonds.